The van der Waals surface area contributed by atoms with E-state index in [4.69, 9.17) is 0 Å². The molecule has 1 aliphatic rings. The van der Waals surface area contributed by atoms with E-state index >= 15 is 0 Å². The fourth-order valence-corrected chi connectivity index (χ4v) is 1.22. The van der Waals surface area contributed by atoms with Gasteiger partial charge in [0.15, 0.2) is 6.04 Å². The van der Waals surface area contributed by atoms with Crippen molar-refractivity contribution >= 4 is 0 Å². The molecule has 1 aliphatic heterocycles. The van der Waals surface area contributed by atoms with Gasteiger partial charge in [0.2, 0.25) is 0 Å². The van der Waals surface area contributed by atoms with Crippen molar-refractivity contribution in [2.24, 2.45) is 15.6 Å². The Morgan fingerprint density at radius 2 is 2.00 bits per heavy atom. The zero-order valence-electron chi connectivity index (χ0n) is 8.24. The third-order valence-corrected chi connectivity index (χ3v) is 1.88. The second-order valence-electron chi connectivity index (χ2n) is 4.13. The van der Waals surface area contributed by atoms with Crippen LogP contribution in [0.5, 0.6) is 0 Å². The summed E-state index contributed by atoms with van der Waals surface area (Å²) in [5, 5.41) is 18.3. The lowest BCUT2D eigenvalue weighted by Crippen LogP contribution is -2.16. The first kappa shape index (κ1) is 9.83. The molecule has 13 heavy (non-hydrogen) atoms. The molecule has 0 aromatic heterocycles. The average molecular weight is 183 g/mol. The summed E-state index contributed by atoms with van der Waals surface area (Å²) in [5.74, 6) is 0. The van der Waals surface area contributed by atoms with E-state index in [-0.39, 0.29) is 16.0 Å². The molecule has 0 fully saturated rings. The Kier molecular flexibility index (Phi) is 2.19. The maximum Gasteiger partial charge on any atom is 0.295 e. The quantitative estimate of drug-likeness (QED) is 0.462. The molecule has 0 saturated heterocycles. The molecule has 1 unspecified atom stereocenters. The normalized spacial score (nSPS) is 22.6. The number of hydrogen-bond donors (Lipinski definition) is 0. The molecule has 0 N–H and O–H groups in total. The molecule has 0 amide bonds. The van der Waals surface area contributed by atoms with Gasteiger partial charge >= 0.3 is 0 Å². The van der Waals surface area contributed by atoms with Crippen molar-refractivity contribution in [2.45, 2.75) is 33.7 Å². The fraction of sp³-hybridized carbons (Fsp3) is 0.750. The van der Waals surface area contributed by atoms with Crippen LogP contribution < -0.4 is 0 Å². The summed E-state index contributed by atoms with van der Waals surface area (Å²) in [7, 11) is 0. The molecule has 0 aromatic rings. The van der Waals surface area contributed by atoms with Crippen LogP contribution in [0.2, 0.25) is 0 Å². The highest BCUT2D eigenvalue weighted by molar-refractivity contribution is 5.20. The fourth-order valence-electron chi connectivity index (χ4n) is 1.22. The summed E-state index contributed by atoms with van der Waals surface area (Å²) in [6.45, 7) is 7.36. The second kappa shape index (κ2) is 2.90. The molecule has 0 radical (unpaired) electrons. The van der Waals surface area contributed by atoms with E-state index in [2.05, 4.69) is 10.2 Å². The number of hydrogen-bond acceptors (Lipinski definition) is 4. The van der Waals surface area contributed by atoms with Crippen LogP contribution in [0.25, 0.3) is 0 Å². The third kappa shape index (κ3) is 1.74. The summed E-state index contributed by atoms with van der Waals surface area (Å²) in [6.07, 6.45) is 0. The van der Waals surface area contributed by atoms with Gasteiger partial charge in [-0.25, -0.2) is 0 Å². The van der Waals surface area contributed by atoms with E-state index < -0.39 is 6.04 Å². The lowest BCUT2D eigenvalue weighted by Gasteiger charge is -2.15. The zero-order valence-corrected chi connectivity index (χ0v) is 8.24. The van der Waals surface area contributed by atoms with Gasteiger partial charge in [-0.3, -0.25) is 10.1 Å². The SMILES string of the molecule is CC1N=NC(C(C)(C)C)=C1[N+](=O)[O-]. The van der Waals surface area contributed by atoms with Crippen LogP contribution in [0.15, 0.2) is 21.6 Å². The lowest BCUT2D eigenvalue weighted by molar-refractivity contribution is -0.430. The number of nitrogens with zero attached hydrogens (tertiary/aromatic N) is 3. The molecule has 1 heterocycles. The van der Waals surface area contributed by atoms with Gasteiger partial charge in [0.25, 0.3) is 5.70 Å². The Balaban J connectivity index is 3.17. The molecule has 5 heteroatoms. The molecule has 0 aliphatic carbocycles. The van der Waals surface area contributed by atoms with E-state index in [0.29, 0.717) is 5.70 Å². The Hall–Kier alpha value is -1.26. The number of rotatable bonds is 1. The van der Waals surface area contributed by atoms with E-state index in [9.17, 15) is 10.1 Å². The van der Waals surface area contributed by atoms with Crippen LogP contribution in [-0.2, 0) is 0 Å². The molecule has 1 atom stereocenters. The van der Waals surface area contributed by atoms with Crippen LogP contribution >= 0.6 is 0 Å². The molecular formula is C8H13N3O2. The highest BCUT2D eigenvalue weighted by Gasteiger charge is 2.36. The van der Waals surface area contributed by atoms with Gasteiger partial charge < -0.3 is 0 Å². The molecule has 0 bridgehead atoms. The van der Waals surface area contributed by atoms with Crippen LogP contribution in [-0.4, -0.2) is 11.0 Å². The van der Waals surface area contributed by atoms with Crippen molar-refractivity contribution in [2.75, 3.05) is 0 Å². The van der Waals surface area contributed by atoms with Crippen LogP contribution in [0.4, 0.5) is 0 Å². The Morgan fingerprint density at radius 3 is 2.31 bits per heavy atom. The summed E-state index contributed by atoms with van der Waals surface area (Å²) < 4.78 is 0. The van der Waals surface area contributed by atoms with E-state index in [0.717, 1.165) is 0 Å². The molecule has 0 saturated carbocycles. The summed E-state index contributed by atoms with van der Waals surface area (Å²) in [6, 6.07) is -0.413. The van der Waals surface area contributed by atoms with Crippen molar-refractivity contribution < 1.29 is 4.92 Å². The molecule has 1 rings (SSSR count). The molecule has 0 spiro atoms. The smallest absolute Gasteiger partial charge is 0.258 e. The predicted molar refractivity (Wildman–Crippen MR) is 47.8 cm³/mol. The van der Waals surface area contributed by atoms with Crippen molar-refractivity contribution in [3.05, 3.63) is 21.5 Å². The standard InChI is InChI=1S/C8H13N3O2/c1-5-6(11(12)13)7(10-9-5)8(2,3)4/h5H,1-4H3. The number of azo groups is 1. The zero-order chi connectivity index (χ0) is 10.2. The predicted octanol–water partition coefficient (Wildman–Crippen LogP) is 2.38. The summed E-state index contributed by atoms with van der Waals surface area (Å²) >= 11 is 0. The Labute approximate surface area is 76.7 Å². The van der Waals surface area contributed by atoms with Gasteiger partial charge in [-0.05, 0) is 6.92 Å². The number of nitro groups is 1. The largest absolute Gasteiger partial charge is 0.295 e. The van der Waals surface area contributed by atoms with Crippen molar-refractivity contribution in [1.82, 2.24) is 0 Å². The van der Waals surface area contributed by atoms with Crippen molar-refractivity contribution in [3.8, 4) is 0 Å². The highest BCUT2D eigenvalue weighted by Crippen LogP contribution is 2.35. The van der Waals surface area contributed by atoms with Crippen LogP contribution in [0.3, 0.4) is 0 Å². The minimum Gasteiger partial charge on any atom is -0.258 e. The maximum absolute atomic E-state index is 10.7. The highest BCUT2D eigenvalue weighted by atomic mass is 16.6. The van der Waals surface area contributed by atoms with Crippen molar-refractivity contribution in [3.63, 3.8) is 0 Å². The third-order valence-electron chi connectivity index (χ3n) is 1.88. The van der Waals surface area contributed by atoms with Gasteiger partial charge in [-0.15, -0.1) is 0 Å². The maximum atomic E-state index is 10.7. The first-order chi connectivity index (χ1) is 5.84. The van der Waals surface area contributed by atoms with Gasteiger partial charge in [-0.1, -0.05) is 20.8 Å². The monoisotopic (exact) mass is 183 g/mol. The lowest BCUT2D eigenvalue weighted by atomic mass is 9.90. The molecule has 5 nitrogen and oxygen atoms in total. The second-order valence-corrected chi connectivity index (χ2v) is 4.13. The average Bonchev–Trinajstić information content (AvgIpc) is 2.28. The molecule has 72 valence electrons. The minimum absolute atomic E-state index is 0.132. The first-order valence-electron chi connectivity index (χ1n) is 4.14. The Bertz CT molecular complexity index is 299. The summed E-state index contributed by atoms with van der Waals surface area (Å²) in [5.41, 5.74) is 0.314. The number of allylic oxidation sites excluding steroid dienone is 1. The minimum atomic E-state index is -0.413. The molecular weight excluding hydrogens is 170 g/mol. The van der Waals surface area contributed by atoms with E-state index in [1.165, 1.54) is 0 Å². The summed E-state index contributed by atoms with van der Waals surface area (Å²) in [4.78, 5) is 10.3. The van der Waals surface area contributed by atoms with Crippen LogP contribution in [0.1, 0.15) is 27.7 Å². The van der Waals surface area contributed by atoms with Gasteiger partial charge in [0.1, 0.15) is 5.70 Å². The topological polar surface area (TPSA) is 67.9 Å². The van der Waals surface area contributed by atoms with Crippen molar-refractivity contribution in [1.29, 1.82) is 0 Å². The van der Waals surface area contributed by atoms with Gasteiger partial charge in [0, 0.05) is 5.41 Å². The van der Waals surface area contributed by atoms with E-state index in [1.54, 1.807) is 6.92 Å². The molecule has 0 aromatic carbocycles. The Morgan fingerprint density at radius 1 is 1.46 bits per heavy atom. The van der Waals surface area contributed by atoms with Crippen LogP contribution in [0, 0.1) is 15.5 Å². The van der Waals surface area contributed by atoms with Gasteiger partial charge in [-0.2, -0.15) is 10.2 Å². The van der Waals surface area contributed by atoms with Gasteiger partial charge in [0.05, 0.1) is 4.92 Å². The van der Waals surface area contributed by atoms with E-state index in [1.807, 2.05) is 20.8 Å². The first-order valence-corrected chi connectivity index (χ1v) is 4.14.